The van der Waals surface area contributed by atoms with E-state index >= 15 is 0 Å². The predicted molar refractivity (Wildman–Crippen MR) is 126 cm³/mol. The molecule has 1 atom stereocenters. The second-order valence-electron chi connectivity index (χ2n) is 8.52. The van der Waals surface area contributed by atoms with Crippen LogP contribution in [-0.2, 0) is 20.7 Å². The maximum Gasteiger partial charge on any atom is 0.320 e. The number of hydrogen-bond donors (Lipinski definition) is 2. The van der Waals surface area contributed by atoms with Crippen LogP contribution in [0.1, 0.15) is 26.3 Å². The minimum atomic E-state index is -0.602. The molecular weight excluding hydrogens is 402 g/mol. The van der Waals surface area contributed by atoms with E-state index in [1.165, 1.54) is 0 Å². The Balaban J connectivity index is 1.72. The summed E-state index contributed by atoms with van der Waals surface area (Å²) >= 11 is 0. The summed E-state index contributed by atoms with van der Waals surface area (Å²) in [7, 11) is 0. The van der Waals surface area contributed by atoms with Crippen LogP contribution in [-0.4, -0.2) is 35.0 Å². The standard InChI is InChI=1S/C26H29N3O3/c1-26(2,3)32-24(30)18-28-23(16-19-8-5-4-6-9-19)25(31)29-22-11-7-10-21(17-22)20-12-14-27-15-13-20/h4-15,17,23,28H,16,18H2,1-3H3,(H,29,31)/t23-/m0/s1. The highest BCUT2D eigenvalue weighted by atomic mass is 16.6. The van der Waals surface area contributed by atoms with E-state index in [-0.39, 0.29) is 12.5 Å². The van der Waals surface area contributed by atoms with E-state index in [2.05, 4.69) is 15.6 Å². The van der Waals surface area contributed by atoms with Gasteiger partial charge in [0.05, 0.1) is 12.6 Å². The average molecular weight is 432 g/mol. The molecule has 1 amide bonds. The minimum Gasteiger partial charge on any atom is -0.459 e. The number of carbonyl (C=O) groups excluding carboxylic acids is 2. The lowest BCUT2D eigenvalue weighted by Crippen LogP contribution is -2.45. The molecule has 0 aliphatic rings. The van der Waals surface area contributed by atoms with Gasteiger partial charge in [0, 0.05) is 18.1 Å². The molecule has 2 N–H and O–H groups in total. The van der Waals surface area contributed by atoms with Gasteiger partial charge in [0.15, 0.2) is 0 Å². The van der Waals surface area contributed by atoms with Gasteiger partial charge in [0.1, 0.15) is 5.60 Å². The molecule has 166 valence electrons. The van der Waals surface area contributed by atoms with Gasteiger partial charge in [0.25, 0.3) is 0 Å². The molecule has 0 bridgehead atoms. The highest BCUT2D eigenvalue weighted by Crippen LogP contribution is 2.22. The van der Waals surface area contributed by atoms with Crippen molar-refractivity contribution in [1.82, 2.24) is 10.3 Å². The summed E-state index contributed by atoms with van der Waals surface area (Å²) in [6, 6.07) is 20.6. The molecule has 6 nitrogen and oxygen atoms in total. The second kappa shape index (κ2) is 10.7. The number of rotatable bonds is 8. The number of anilines is 1. The van der Waals surface area contributed by atoms with Gasteiger partial charge in [-0.2, -0.15) is 0 Å². The molecule has 1 aromatic heterocycles. The first-order chi connectivity index (χ1) is 15.3. The zero-order chi connectivity index (χ0) is 23.0. The maximum atomic E-state index is 13.1. The molecule has 2 aromatic carbocycles. The number of aromatic nitrogens is 1. The van der Waals surface area contributed by atoms with Crippen LogP contribution < -0.4 is 10.6 Å². The zero-order valence-corrected chi connectivity index (χ0v) is 18.7. The van der Waals surface area contributed by atoms with Gasteiger partial charge in [-0.25, -0.2) is 0 Å². The molecule has 0 unspecified atom stereocenters. The highest BCUT2D eigenvalue weighted by molar-refractivity contribution is 5.96. The van der Waals surface area contributed by atoms with Crippen LogP contribution in [0.25, 0.3) is 11.1 Å². The van der Waals surface area contributed by atoms with E-state index in [1.807, 2.05) is 87.5 Å². The monoisotopic (exact) mass is 431 g/mol. The van der Waals surface area contributed by atoms with Gasteiger partial charge in [0.2, 0.25) is 5.91 Å². The smallest absolute Gasteiger partial charge is 0.320 e. The molecule has 0 saturated carbocycles. The van der Waals surface area contributed by atoms with Crippen LogP contribution >= 0.6 is 0 Å². The SMILES string of the molecule is CC(C)(C)OC(=O)CN[C@@H](Cc1ccccc1)C(=O)Nc1cccc(-c2ccncc2)c1. The van der Waals surface area contributed by atoms with Gasteiger partial charge in [-0.3, -0.25) is 19.9 Å². The van der Waals surface area contributed by atoms with Crippen molar-refractivity contribution in [2.45, 2.75) is 38.8 Å². The molecule has 6 heteroatoms. The third-order valence-electron chi connectivity index (χ3n) is 4.66. The second-order valence-corrected chi connectivity index (χ2v) is 8.52. The number of carbonyl (C=O) groups is 2. The number of ether oxygens (including phenoxy) is 1. The number of nitrogens with one attached hydrogen (secondary N) is 2. The number of amides is 1. The first kappa shape index (κ1) is 23.2. The quantitative estimate of drug-likeness (QED) is 0.522. The normalized spacial score (nSPS) is 12.1. The fourth-order valence-electron chi connectivity index (χ4n) is 3.24. The van der Waals surface area contributed by atoms with Gasteiger partial charge < -0.3 is 10.1 Å². The predicted octanol–water partition coefficient (Wildman–Crippen LogP) is 4.23. The topological polar surface area (TPSA) is 80.3 Å². The van der Waals surface area contributed by atoms with E-state index in [9.17, 15) is 9.59 Å². The molecule has 0 saturated heterocycles. The van der Waals surface area contributed by atoms with E-state index < -0.39 is 17.6 Å². The van der Waals surface area contributed by atoms with Crippen LogP contribution in [0.4, 0.5) is 5.69 Å². The molecule has 0 aliphatic heterocycles. The number of benzene rings is 2. The fraction of sp³-hybridized carbons (Fsp3) is 0.269. The summed E-state index contributed by atoms with van der Waals surface area (Å²) in [6.45, 7) is 5.39. The van der Waals surface area contributed by atoms with Gasteiger partial charge in [-0.15, -0.1) is 0 Å². The van der Waals surface area contributed by atoms with Gasteiger partial charge >= 0.3 is 5.97 Å². The summed E-state index contributed by atoms with van der Waals surface area (Å²) in [6.07, 6.45) is 3.91. The molecule has 0 aliphatic carbocycles. The molecular formula is C26H29N3O3. The summed E-state index contributed by atoms with van der Waals surface area (Å²) in [5, 5.41) is 6.04. The summed E-state index contributed by atoms with van der Waals surface area (Å²) in [5.41, 5.74) is 3.09. The first-order valence-electron chi connectivity index (χ1n) is 10.6. The number of nitrogens with zero attached hydrogens (tertiary/aromatic N) is 1. The fourth-order valence-corrected chi connectivity index (χ4v) is 3.24. The van der Waals surface area contributed by atoms with E-state index in [1.54, 1.807) is 12.4 Å². The van der Waals surface area contributed by atoms with Crippen molar-refractivity contribution in [3.05, 3.63) is 84.7 Å². The van der Waals surface area contributed by atoms with Crippen LogP contribution in [0.15, 0.2) is 79.1 Å². The van der Waals surface area contributed by atoms with Crippen molar-refractivity contribution in [3.63, 3.8) is 0 Å². The van der Waals surface area contributed by atoms with E-state index in [4.69, 9.17) is 4.74 Å². The van der Waals surface area contributed by atoms with Gasteiger partial charge in [-0.1, -0.05) is 42.5 Å². The van der Waals surface area contributed by atoms with Crippen LogP contribution in [0.2, 0.25) is 0 Å². The van der Waals surface area contributed by atoms with Crippen molar-refractivity contribution in [3.8, 4) is 11.1 Å². The Kier molecular flexibility index (Phi) is 7.73. The summed E-state index contributed by atoms with van der Waals surface area (Å²) in [4.78, 5) is 29.3. The first-order valence-corrected chi connectivity index (χ1v) is 10.6. The zero-order valence-electron chi connectivity index (χ0n) is 18.7. The number of hydrogen-bond acceptors (Lipinski definition) is 5. The number of esters is 1. The summed E-state index contributed by atoms with van der Waals surface area (Å²) in [5.74, 6) is -0.618. The van der Waals surface area contributed by atoms with E-state index in [0.717, 1.165) is 16.7 Å². The average Bonchev–Trinajstić information content (AvgIpc) is 2.77. The van der Waals surface area contributed by atoms with Crippen molar-refractivity contribution < 1.29 is 14.3 Å². The highest BCUT2D eigenvalue weighted by Gasteiger charge is 2.22. The molecule has 32 heavy (non-hydrogen) atoms. The Bertz CT molecular complexity index is 1030. The molecule has 1 heterocycles. The molecule has 0 radical (unpaired) electrons. The third-order valence-corrected chi connectivity index (χ3v) is 4.66. The Hall–Kier alpha value is -3.51. The molecule has 3 rings (SSSR count). The lowest BCUT2D eigenvalue weighted by atomic mass is 10.0. The largest absolute Gasteiger partial charge is 0.459 e. The molecule has 0 spiro atoms. The van der Waals surface area contributed by atoms with Crippen molar-refractivity contribution in [2.24, 2.45) is 0 Å². The Labute approximate surface area is 189 Å². The van der Waals surface area contributed by atoms with Crippen molar-refractivity contribution in [1.29, 1.82) is 0 Å². The van der Waals surface area contributed by atoms with Crippen molar-refractivity contribution >= 4 is 17.6 Å². The van der Waals surface area contributed by atoms with Crippen LogP contribution in [0, 0.1) is 0 Å². The molecule has 0 fully saturated rings. The van der Waals surface area contributed by atoms with Gasteiger partial charge in [-0.05, 0) is 68.1 Å². The van der Waals surface area contributed by atoms with Crippen LogP contribution in [0.5, 0.6) is 0 Å². The summed E-state index contributed by atoms with van der Waals surface area (Å²) < 4.78 is 5.36. The third kappa shape index (κ3) is 7.32. The van der Waals surface area contributed by atoms with Crippen molar-refractivity contribution in [2.75, 3.05) is 11.9 Å². The Morgan fingerprint density at radius 2 is 1.66 bits per heavy atom. The lowest BCUT2D eigenvalue weighted by Gasteiger charge is -2.22. The minimum absolute atomic E-state index is 0.0563. The van der Waals surface area contributed by atoms with E-state index in [0.29, 0.717) is 12.1 Å². The number of pyridine rings is 1. The Morgan fingerprint density at radius 1 is 0.938 bits per heavy atom. The maximum absolute atomic E-state index is 13.1. The van der Waals surface area contributed by atoms with Crippen LogP contribution in [0.3, 0.4) is 0 Å². The Morgan fingerprint density at radius 3 is 2.34 bits per heavy atom. The molecule has 3 aromatic rings. The lowest BCUT2D eigenvalue weighted by molar-refractivity contribution is -0.153.